The number of thioether (sulfide) groups is 1. The summed E-state index contributed by atoms with van der Waals surface area (Å²) in [6, 6.07) is 12.9. The molecular weight excluding hydrogens is 283 g/mol. The highest BCUT2D eigenvalue weighted by Crippen LogP contribution is 2.35. The molecule has 0 spiro atoms. The molecule has 0 bridgehead atoms. The van der Waals surface area contributed by atoms with Crippen LogP contribution in [0.3, 0.4) is 0 Å². The Balaban J connectivity index is 1.93. The normalized spacial score (nSPS) is 14.7. The third kappa shape index (κ3) is 2.58. The maximum absolute atomic E-state index is 12.5. The average Bonchev–Trinajstić information content (AvgIpc) is 2.46. The highest BCUT2D eigenvalue weighted by atomic mass is 32.2. The Morgan fingerprint density at radius 2 is 1.65 bits per heavy atom. The molecule has 0 fully saturated rings. The van der Waals surface area contributed by atoms with Crippen molar-refractivity contribution in [1.29, 1.82) is 0 Å². The van der Waals surface area contributed by atoms with Gasteiger partial charge in [0, 0.05) is 10.6 Å². The van der Waals surface area contributed by atoms with Crippen molar-refractivity contribution in [3.05, 3.63) is 59.7 Å². The summed E-state index contributed by atoms with van der Waals surface area (Å²) in [4.78, 5) is 5.62. The van der Waals surface area contributed by atoms with Gasteiger partial charge in [0.1, 0.15) is 0 Å². The highest BCUT2D eigenvalue weighted by Gasteiger charge is 2.30. The van der Waals surface area contributed by atoms with E-state index >= 15 is 0 Å². The van der Waals surface area contributed by atoms with Crippen LogP contribution in [0.1, 0.15) is 11.1 Å². The highest BCUT2D eigenvalue weighted by molar-refractivity contribution is 8.00. The van der Waals surface area contributed by atoms with E-state index in [2.05, 4.69) is 4.99 Å². The van der Waals surface area contributed by atoms with Crippen LogP contribution in [-0.2, 0) is 6.18 Å². The fraction of sp³-hybridized carbons (Fsp3) is 0.133. The van der Waals surface area contributed by atoms with Gasteiger partial charge in [0.25, 0.3) is 0 Å². The van der Waals surface area contributed by atoms with E-state index in [9.17, 15) is 13.2 Å². The number of fused-ring (bicyclic) bond motifs is 1. The van der Waals surface area contributed by atoms with Crippen LogP contribution in [0.2, 0.25) is 0 Å². The minimum Gasteiger partial charge on any atom is -0.251 e. The monoisotopic (exact) mass is 293 g/mol. The fourth-order valence-corrected chi connectivity index (χ4v) is 2.95. The van der Waals surface area contributed by atoms with Crippen molar-refractivity contribution < 1.29 is 13.2 Å². The molecule has 0 N–H and O–H groups in total. The van der Waals surface area contributed by atoms with Crippen LogP contribution in [0, 0.1) is 0 Å². The Kier molecular flexibility index (Phi) is 3.30. The predicted octanol–water partition coefficient (Wildman–Crippen LogP) is 4.93. The van der Waals surface area contributed by atoms with Crippen LogP contribution < -0.4 is 0 Å². The summed E-state index contributed by atoms with van der Waals surface area (Å²) >= 11 is 1.65. The number of halogens is 3. The first kappa shape index (κ1) is 13.2. The maximum Gasteiger partial charge on any atom is 0.416 e. The molecule has 3 rings (SSSR count). The molecule has 0 unspecified atom stereocenters. The molecule has 5 heteroatoms. The van der Waals surface area contributed by atoms with Gasteiger partial charge in [-0.15, -0.1) is 11.8 Å². The van der Waals surface area contributed by atoms with Crippen LogP contribution in [0.15, 0.2) is 58.4 Å². The van der Waals surface area contributed by atoms with E-state index in [1.165, 1.54) is 12.1 Å². The Labute approximate surface area is 118 Å². The lowest BCUT2D eigenvalue weighted by Crippen LogP contribution is -2.09. The lowest BCUT2D eigenvalue weighted by molar-refractivity contribution is -0.137. The number of alkyl halides is 3. The van der Waals surface area contributed by atoms with E-state index in [1.807, 2.05) is 24.3 Å². The Bertz CT molecular complexity index is 660. The van der Waals surface area contributed by atoms with E-state index in [0.717, 1.165) is 34.0 Å². The lowest BCUT2D eigenvalue weighted by Gasteiger charge is -2.15. The van der Waals surface area contributed by atoms with Gasteiger partial charge in [0.15, 0.2) is 0 Å². The summed E-state index contributed by atoms with van der Waals surface area (Å²) in [6.45, 7) is 0. The lowest BCUT2D eigenvalue weighted by atomic mass is 10.1. The second-order valence-corrected chi connectivity index (χ2v) is 5.41. The van der Waals surface area contributed by atoms with Gasteiger partial charge < -0.3 is 0 Å². The number of aliphatic imine (C=N–C) groups is 1. The minimum atomic E-state index is -4.30. The van der Waals surface area contributed by atoms with E-state index in [4.69, 9.17) is 0 Å². The molecule has 0 aliphatic carbocycles. The second-order valence-electron chi connectivity index (χ2n) is 4.39. The van der Waals surface area contributed by atoms with Crippen molar-refractivity contribution in [3.63, 3.8) is 0 Å². The third-order valence-corrected chi connectivity index (χ3v) is 4.10. The zero-order valence-corrected chi connectivity index (χ0v) is 11.1. The van der Waals surface area contributed by atoms with Crippen molar-refractivity contribution in [2.45, 2.75) is 11.1 Å². The number of rotatable bonds is 1. The molecule has 2 aromatic rings. The summed E-state index contributed by atoms with van der Waals surface area (Å²) < 4.78 is 37.6. The molecule has 1 nitrogen and oxygen atoms in total. The number of nitrogens with zero attached hydrogens (tertiary/aromatic N) is 1. The van der Waals surface area contributed by atoms with Crippen LogP contribution in [0.5, 0.6) is 0 Å². The fourth-order valence-electron chi connectivity index (χ4n) is 1.99. The maximum atomic E-state index is 12.5. The topological polar surface area (TPSA) is 12.4 Å². The van der Waals surface area contributed by atoms with Gasteiger partial charge in [-0.25, -0.2) is 0 Å². The van der Waals surface area contributed by atoms with Gasteiger partial charge in [-0.2, -0.15) is 13.2 Å². The van der Waals surface area contributed by atoms with Crippen molar-refractivity contribution in [2.75, 3.05) is 5.75 Å². The van der Waals surface area contributed by atoms with Gasteiger partial charge in [-0.3, -0.25) is 4.99 Å². The molecule has 1 heterocycles. The van der Waals surface area contributed by atoms with Crippen molar-refractivity contribution in [2.24, 2.45) is 4.99 Å². The van der Waals surface area contributed by atoms with Gasteiger partial charge in [-0.1, -0.05) is 24.3 Å². The van der Waals surface area contributed by atoms with Crippen molar-refractivity contribution in [1.82, 2.24) is 0 Å². The summed E-state index contributed by atoms with van der Waals surface area (Å²) in [5, 5.41) is 0. The molecule has 20 heavy (non-hydrogen) atoms. The second kappa shape index (κ2) is 4.98. The zero-order chi connectivity index (χ0) is 14.2. The SMILES string of the molecule is FC(F)(F)c1ccc(C2=Nc3ccccc3SC2)cc1. The Hall–Kier alpha value is -1.75. The standard InChI is InChI=1S/C15H10F3NS/c16-15(17,18)11-7-5-10(6-8-11)13-9-20-14-4-2-1-3-12(14)19-13/h1-8H,9H2. The van der Waals surface area contributed by atoms with Crippen LogP contribution in [-0.4, -0.2) is 11.5 Å². The number of hydrogen-bond donors (Lipinski definition) is 0. The van der Waals surface area contributed by atoms with Crippen LogP contribution in [0.4, 0.5) is 18.9 Å². The Morgan fingerprint density at radius 3 is 2.35 bits per heavy atom. The summed E-state index contributed by atoms with van der Waals surface area (Å²) in [6.07, 6.45) is -4.30. The first-order chi connectivity index (χ1) is 9.54. The van der Waals surface area contributed by atoms with Gasteiger partial charge >= 0.3 is 6.18 Å². The smallest absolute Gasteiger partial charge is 0.251 e. The molecule has 0 saturated heterocycles. The minimum absolute atomic E-state index is 0.634. The summed E-state index contributed by atoms with van der Waals surface area (Å²) in [7, 11) is 0. The molecule has 1 aliphatic rings. The van der Waals surface area contributed by atoms with Gasteiger partial charge in [-0.05, 0) is 29.8 Å². The summed E-state index contributed by atoms with van der Waals surface area (Å²) in [5.74, 6) is 0.669. The van der Waals surface area contributed by atoms with E-state index < -0.39 is 11.7 Å². The molecule has 1 aliphatic heterocycles. The van der Waals surface area contributed by atoms with Gasteiger partial charge in [0.2, 0.25) is 0 Å². The molecule has 0 saturated carbocycles. The zero-order valence-electron chi connectivity index (χ0n) is 10.3. The van der Waals surface area contributed by atoms with E-state index in [0.29, 0.717) is 5.75 Å². The molecule has 0 radical (unpaired) electrons. The van der Waals surface area contributed by atoms with Crippen molar-refractivity contribution >= 4 is 23.2 Å². The third-order valence-electron chi connectivity index (χ3n) is 3.03. The largest absolute Gasteiger partial charge is 0.416 e. The number of para-hydroxylation sites is 1. The number of benzene rings is 2. The first-order valence-electron chi connectivity index (χ1n) is 6.01. The van der Waals surface area contributed by atoms with E-state index in [1.54, 1.807) is 11.8 Å². The van der Waals surface area contributed by atoms with E-state index in [-0.39, 0.29) is 0 Å². The van der Waals surface area contributed by atoms with Gasteiger partial charge in [0.05, 0.1) is 17.0 Å². The molecule has 0 aromatic heterocycles. The van der Waals surface area contributed by atoms with Crippen LogP contribution >= 0.6 is 11.8 Å². The molecule has 0 amide bonds. The first-order valence-corrected chi connectivity index (χ1v) is 6.99. The molecular formula is C15H10F3NS. The van der Waals surface area contributed by atoms with Crippen LogP contribution in [0.25, 0.3) is 0 Å². The molecule has 0 atom stereocenters. The molecule has 102 valence electrons. The molecule has 2 aromatic carbocycles. The predicted molar refractivity (Wildman–Crippen MR) is 74.8 cm³/mol. The summed E-state index contributed by atoms with van der Waals surface area (Å²) in [5.41, 5.74) is 1.78. The number of hydrogen-bond acceptors (Lipinski definition) is 2. The van der Waals surface area contributed by atoms with Crippen molar-refractivity contribution in [3.8, 4) is 0 Å². The Morgan fingerprint density at radius 1 is 0.950 bits per heavy atom. The average molecular weight is 293 g/mol. The quantitative estimate of drug-likeness (QED) is 0.726.